The van der Waals surface area contributed by atoms with Gasteiger partial charge in [0.2, 0.25) is 15.8 Å². The molecule has 0 aromatic heterocycles. The highest BCUT2D eigenvalue weighted by Gasteiger charge is 2.26. The Morgan fingerprint density at radius 1 is 0.893 bits per heavy atom. The minimum atomic E-state index is -3.54. The predicted octanol–water partition coefficient (Wildman–Crippen LogP) is 3.10. The Bertz CT molecular complexity index is 911. The van der Waals surface area contributed by atoms with Crippen LogP contribution in [-0.4, -0.2) is 46.0 Å². The van der Waals surface area contributed by atoms with E-state index in [9.17, 15) is 13.2 Å². The van der Waals surface area contributed by atoms with Crippen molar-refractivity contribution in [3.05, 3.63) is 48.0 Å². The summed E-state index contributed by atoms with van der Waals surface area (Å²) in [4.78, 5) is 12.7. The molecule has 28 heavy (non-hydrogen) atoms. The van der Waals surface area contributed by atoms with E-state index in [1.165, 1.54) is 42.8 Å². The van der Waals surface area contributed by atoms with Gasteiger partial charge in [-0.15, -0.1) is 0 Å². The zero-order chi connectivity index (χ0) is 20.1. The van der Waals surface area contributed by atoms with Crippen LogP contribution in [0.4, 0.5) is 0 Å². The first kappa shape index (κ1) is 20.2. The van der Waals surface area contributed by atoms with E-state index < -0.39 is 16.0 Å². The average Bonchev–Trinajstić information content (AvgIpc) is 2.74. The highest BCUT2D eigenvalue weighted by atomic mass is 32.2. The number of esters is 1. The molecule has 1 fully saturated rings. The third kappa shape index (κ3) is 4.13. The fourth-order valence-corrected chi connectivity index (χ4v) is 4.60. The SMILES string of the molecule is COc1cccc(OC)c1OC(=O)c1ccc(S(=O)(=O)N2CCCCC2)cc1. The Morgan fingerprint density at radius 3 is 2.00 bits per heavy atom. The zero-order valence-corrected chi connectivity index (χ0v) is 16.7. The van der Waals surface area contributed by atoms with Crippen LogP contribution in [0.1, 0.15) is 29.6 Å². The third-order valence-electron chi connectivity index (χ3n) is 4.62. The summed E-state index contributed by atoms with van der Waals surface area (Å²) < 4.78 is 42.8. The number of methoxy groups -OCH3 is 2. The average molecular weight is 405 g/mol. The van der Waals surface area contributed by atoms with Crippen LogP contribution in [-0.2, 0) is 10.0 Å². The Kier molecular flexibility index (Phi) is 6.21. The summed E-state index contributed by atoms with van der Waals surface area (Å²) in [6, 6.07) is 10.8. The van der Waals surface area contributed by atoms with E-state index in [2.05, 4.69) is 0 Å². The molecule has 8 heteroatoms. The molecule has 0 radical (unpaired) electrons. The molecule has 2 aromatic carbocycles. The van der Waals surface area contributed by atoms with Gasteiger partial charge in [-0.25, -0.2) is 13.2 Å². The smallest absolute Gasteiger partial charge is 0.343 e. The second-order valence-corrected chi connectivity index (χ2v) is 8.31. The fourth-order valence-electron chi connectivity index (χ4n) is 3.09. The Labute approximate surface area is 164 Å². The molecule has 0 spiro atoms. The third-order valence-corrected chi connectivity index (χ3v) is 6.53. The summed E-state index contributed by atoms with van der Waals surface area (Å²) in [7, 11) is -0.614. The molecule has 1 saturated heterocycles. The summed E-state index contributed by atoms with van der Waals surface area (Å²) >= 11 is 0. The lowest BCUT2D eigenvalue weighted by Crippen LogP contribution is -2.35. The number of ether oxygens (including phenoxy) is 3. The predicted molar refractivity (Wildman–Crippen MR) is 104 cm³/mol. The van der Waals surface area contributed by atoms with Gasteiger partial charge in [0.1, 0.15) is 0 Å². The molecule has 0 unspecified atom stereocenters. The highest BCUT2D eigenvalue weighted by molar-refractivity contribution is 7.89. The number of piperidine rings is 1. The molecule has 2 aromatic rings. The summed E-state index contributed by atoms with van der Waals surface area (Å²) in [5.74, 6) is 0.251. The molecule has 0 saturated carbocycles. The van der Waals surface area contributed by atoms with Gasteiger partial charge >= 0.3 is 5.97 Å². The maximum atomic E-state index is 12.7. The number of carbonyl (C=O) groups excluding carboxylic acids is 1. The van der Waals surface area contributed by atoms with Gasteiger partial charge in [-0.3, -0.25) is 0 Å². The molecule has 1 aliphatic rings. The van der Waals surface area contributed by atoms with Crippen molar-refractivity contribution in [3.63, 3.8) is 0 Å². The van der Waals surface area contributed by atoms with Crippen molar-refractivity contribution in [2.45, 2.75) is 24.2 Å². The van der Waals surface area contributed by atoms with Crippen LogP contribution in [0.5, 0.6) is 17.2 Å². The van der Waals surface area contributed by atoms with Gasteiger partial charge in [0.05, 0.1) is 24.7 Å². The lowest BCUT2D eigenvalue weighted by molar-refractivity contribution is 0.0724. The van der Waals surface area contributed by atoms with E-state index in [1.54, 1.807) is 18.2 Å². The van der Waals surface area contributed by atoms with E-state index in [-0.39, 0.29) is 16.2 Å². The number of nitrogens with zero attached hydrogens (tertiary/aromatic N) is 1. The monoisotopic (exact) mass is 405 g/mol. The molecule has 1 aliphatic heterocycles. The van der Waals surface area contributed by atoms with Crippen LogP contribution in [0.25, 0.3) is 0 Å². The van der Waals surface area contributed by atoms with Crippen molar-refractivity contribution in [1.82, 2.24) is 4.31 Å². The number of rotatable bonds is 6. The summed E-state index contributed by atoms with van der Waals surface area (Å²) in [5, 5.41) is 0. The largest absolute Gasteiger partial charge is 0.493 e. The number of para-hydroxylation sites is 1. The van der Waals surface area contributed by atoms with Crippen LogP contribution >= 0.6 is 0 Å². The fraction of sp³-hybridized carbons (Fsp3) is 0.350. The van der Waals surface area contributed by atoms with E-state index in [4.69, 9.17) is 14.2 Å². The molecule has 3 rings (SSSR count). The highest BCUT2D eigenvalue weighted by Crippen LogP contribution is 2.37. The first-order chi connectivity index (χ1) is 13.5. The second-order valence-electron chi connectivity index (χ2n) is 6.37. The lowest BCUT2D eigenvalue weighted by Gasteiger charge is -2.25. The molecule has 1 heterocycles. The van der Waals surface area contributed by atoms with Gasteiger partial charge < -0.3 is 14.2 Å². The van der Waals surface area contributed by atoms with E-state index in [0.717, 1.165) is 19.3 Å². The van der Waals surface area contributed by atoms with Gasteiger partial charge in [-0.2, -0.15) is 4.31 Å². The first-order valence-corrected chi connectivity index (χ1v) is 10.4. The second kappa shape index (κ2) is 8.62. The molecule has 0 bridgehead atoms. The Morgan fingerprint density at radius 2 is 1.46 bits per heavy atom. The topological polar surface area (TPSA) is 82.1 Å². The van der Waals surface area contributed by atoms with E-state index >= 15 is 0 Å². The molecule has 0 amide bonds. The molecule has 0 aliphatic carbocycles. The van der Waals surface area contributed by atoms with Gasteiger partial charge in [0.25, 0.3) is 0 Å². The van der Waals surface area contributed by atoms with Crippen molar-refractivity contribution in [1.29, 1.82) is 0 Å². The number of hydrogen-bond acceptors (Lipinski definition) is 6. The van der Waals surface area contributed by atoms with Crippen LogP contribution in [0.3, 0.4) is 0 Å². The molecular weight excluding hydrogens is 382 g/mol. The zero-order valence-electron chi connectivity index (χ0n) is 15.9. The summed E-state index contributed by atoms with van der Waals surface area (Å²) in [6.45, 7) is 1.06. The summed E-state index contributed by atoms with van der Waals surface area (Å²) in [5.41, 5.74) is 0.227. The molecule has 7 nitrogen and oxygen atoms in total. The minimum Gasteiger partial charge on any atom is -0.493 e. The van der Waals surface area contributed by atoms with Crippen LogP contribution in [0, 0.1) is 0 Å². The van der Waals surface area contributed by atoms with Crippen molar-refractivity contribution in [3.8, 4) is 17.2 Å². The van der Waals surface area contributed by atoms with E-state index in [1.807, 2.05) is 0 Å². The van der Waals surface area contributed by atoms with Gasteiger partial charge in [-0.1, -0.05) is 12.5 Å². The number of hydrogen-bond donors (Lipinski definition) is 0. The quantitative estimate of drug-likeness (QED) is 0.543. The van der Waals surface area contributed by atoms with Gasteiger partial charge in [0, 0.05) is 13.1 Å². The minimum absolute atomic E-state index is 0.167. The Balaban J connectivity index is 1.80. The van der Waals surface area contributed by atoms with Crippen molar-refractivity contribution in [2.24, 2.45) is 0 Å². The van der Waals surface area contributed by atoms with Crippen molar-refractivity contribution < 1.29 is 27.4 Å². The maximum Gasteiger partial charge on any atom is 0.343 e. The van der Waals surface area contributed by atoms with E-state index in [0.29, 0.717) is 24.6 Å². The van der Waals surface area contributed by atoms with Crippen LogP contribution < -0.4 is 14.2 Å². The number of carbonyl (C=O) groups is 1. The van der Waals surface area contributed by atoms with Crippen molar-refractivity contribution in [2.75, 3.05) is 27.3 Å². The summed E-state index contributed by atoms with van der Waals surface area (Å²) in [6.07, 6.45) is 2.78. The number of sulfonamides is 1. The number of benzene rings is 2. The first-order valence-electron chi connectivity index (χ1n) is 9.00. The normalized spacial score (nSPS) is 15.1. The van der Waals surface area contributed by atoms with Crippen LogP contribution in [0.15, 0.2) is 47.4 Å². The maximum absolute atomic E-state index is 12.7. The standard InChI is InChI=1S/C20H23NO6S/c1-25-17-7-6-8-18(26-2)19(17)27-20(22)15-9-11-16(12-10-15)28(23,24)21-13-4-3-5-14-21/h6-12H,3-5,13-14H2,1-2H3. The van der Waals surface area contributed by atoms with Gasteiger partial charge in [0.15, 0.2) is 11.5 Å². The van der Waals surface area contributed by atoms with Crippen LogP contribution in [0.2, 0.25) is 0 Å². The van der Waals surface area contributed by atoms with Gasteiger partial charge in [-0.05, 0) is 49.2 Å². The molecular formula is C20H23NO6S. The Hall–Kier alpha value is -2.58. The molecule has 0 N–H and O–H groups in total. The molecule has 150 valence electrons. The lowest BCUT2D eigenvalue weighted by atomic mass is 10.2. The molecule has 0 atom stereocenters. The van der Waals surface area contributed by atoms with Crippen molar-refractivity contribution >= 4 is 16.0 Å².